The lowest BCUT2D eigenvalue weighted by atomic mass is 10.00. The summed E-state index contributed by atoms with van der Waals surface area (Å²) in [5.41, 5.74) is 6.34. The Balaban J connectivity index is 2.96. The summed E-state index contributed by atoms with van der Waals surface area (Å²) in [4.78, 5) is 0. The van der Waals surface area contributed by atoms with Crippen molar-refractivity contribution in [1.29, 1.82) is 0 Å². The van der Waals surface area contributed by atoms with E-state index in [1.165, 1.54) is 11.1 Å². The Hall–Kier alpha value is -0.640. The van der Waals surface area contributed by atoms with Crippen LogP contribution >= 0.6 is 15.9 Å². The summed E-state index contributed by atoms with van der Waals surface area (Å²) in [6, 6.07) is 6.39. The van der Waals surface area contributed by atoms with Gasteiger partial charge >= 0.3 is 0 Å². The lowest BCUT2D eigenvalue weighted by Gasteiger charge is -2.18. The summed E-state index contributed by atoms with van der Waals surface area (Å²) in [6.45, 7) is 7.98. The normalized spacial score (nSPS) is 12.5. The van der Waals surface area contributed by atoms with Crippen molar-refractivity contribution in [3.05, 3.63) is 46.0 Å². The third-order valence-corrected chi connectivity index (χ3v) is 2.97. The zero-order valence-corrected chi connectivity index (χ0v) is 10.8. The first kappa shape index (κ1) is 12.4. The number of halogens is 1. The molecular weight excluding hydrogens is 252 g/mol. The number of hydrazine groups is 1. The molecular formula is C12H17BrN2. The highest BCUT2D eigenvalue weighted by Crippen LogP contribution is 2.27. The molecule has 0 fully saturated rings. The van der Waals surface area contributed by atoms with E-state index < -0.39 is 0 Å². The van der Waals surface area contributed by atoms with Gasteiger partial charge in [-0.05, 0) is 37.5 Å². The molecule has 0 amide bonds. The third-order valence-electron chi connectivity index (χ3n) is 2.29. The molecule has 0 aromatic heterocycles. The van der Waals surface area contributed by atoms with Crippen LogP contribution in [0.15, 0.2) is 34.8 Å². The van der Waals surface area contributed by atoms with E-state index >= 15 is 0 Å². The largest absolute Gasteiger partial charge is 0.271 e. The molecule has 0 spiro atoms. The minimum absolute atomic E-state index is 0.123. The van der Waals surface area contributed by atoms with Crippen LogP contribution in [-0.4, -0.2) is 0 Å². The molecule has 0 heterocycles. The van der Waals surface area contributed by atoms with Gasteiger partial charge in [0.15, 0.2) is 0 Å². The van der Waals surface area contributed by atoms with Crippen LogP contribution in [0.3, 0.4) is 0 Å². The van der Waals surface area contributed by atoms with Gasteiger partial charge in [-0.25, -0.2) is 0 Å². The van der Waals surface area contributed by atoms with Crippen molar-refractivity contribution < 1.29 is 0 Å². The number of aryl methyl sites for hydroxylation is 1. The van der Waals surface area contributed by atoms with Crippen molar-refractivity contribution >= 4 is 15.9 Å². The van der Waals surface area contributed by atoms with Crippen LogP contribution in [0.1, 0.15) is 30.5 Å². The van der Waals surface area contributed by atoms with Crippen LogP contribution in [0.4, 0.5) is 0 Å². The van der Waals surface area contributed by atoms with Gasteiger partial charge < -0.3 is 0 Å². The summed E-state index contributed by atoms with van der Waals surface area (Å²) < 4.78 is 1.09. The van der Waals surface area contributed by atoms with E-state index in [0.717, 1.165) is 16.5 Å². The van der Waals surface area contributed by atoms with Gasteiger partial charge in [-0.1, -0.05) is 33.6 Å². The molecule has 1 aromatic rings. The molecule has 1 atom stereocenters. The molecule has 1 unspecified atom stereocenters. The summed E-state index contributed by atoms with van der Waals surface area (Å²) in [7, 11) is 0. The van der Waals surface area contributed by atoms with E-state index in [1.54, 1.807) is 0 Å². The molecule has 0 radical (unpaired) electrons. The number of nitrogens with one attached hydrogen (secondary N) is 1. The van der Waals surface area contributed by atoms with Gasteiger partial charge in [0.1, 0.15) is 0 Å². The molecule has 0 bridgehead atoms. The summed E-state index contributed by atoms with van der Waals surface area (Å²) in [5.74, 6) is 5.55. The first-order chi connectivity index (χ1) is 7.04. The van der Waals surface area contributed by atoms with Crippen molar-refractivity contribution in [3.63, 3.8) is 0 Å². The van der Waals surface area contributed by atoms with Gasteiger partial charge in [0.25, 0.3) is 0 Å². The molecule has 2 nitrogen and oxygen atoms in total. The highest BCUT2D eigenvalue weighted by molar-refractivity contribution is 9.10. The van der Waals surface area contributed by atoms with Crippen LogP contribution in [0, 0.1) is 6.92 Å². The van der Waals surface area contributed by atoms with Crippen LogP contribution in [0.2, 0.25) is 0 Å². The second kappa shape index (κ2) is 5.45. The second-order valence-electron chi connectivity index (χ2n) is 3.91. The fourth-order valence-corrected chi connectivity index (χ4v) is 2.29. The van der Waals surface area contributed by atoms with Crippen molar-refractivity contribution in [1.82, 2.24) is 5.43 Å². The summed E-state index contributed by atoms with van der Waals surface area (Å²) >= 11 is 3.55. The SMILES string of the molecule is C=C(C)CC(NN)c1ccc(C)cc1Br. The van der Waals surface area contributed by atoms with Gasteiger partial charge in [-0.3, -0.25) is 11.3 Å². The molecule has 82 valence electrons. The minimum Gasteiger partial charge on any atom is -0.271 e. The summed E-state index contributed by atoms with van der Waals surface area (Å²) in [6.07, 6.45) is 0.845. The Morgan fingerprint density at radius 1 is 1.60 bits per heavy atom. The molecule has 3 N–H and O–H groups in total. The molecule has 0 aliphatic carbocycles. The molecule has 3 heteroatoms. The first-order valence-corrected chi connectivity index (χ1v) is 5.70. The van der Waals surface area contributed by atoms with Gasteiger partial charge in [0.2, 0.25) is 0 Å². The van der Waals surface area contributed by atoms with Crippen LogP contribution in [0.5, 0.6) is 0 Å². The van der Waals surface area contributed by atoms with Crippen molar-refractivity contribution in [3.8, 4) is 0 Å². The Labute approximate surface area is 99.7 Å². The monoisotopic (exact) mass is 268 g/mol. The standard InChI is InChI=1S/C12H17BrN2/c1-8(2)6-12(15-14)10-5-4-9(3)7-11(10)13/h4-5,7,12,15H,1,6,14H2,2-3H3. The molecule has 1 rings (SSSR count). The topological polar surface area (TPSA) is 38.0 Å². The average Bonchev–Trinajstić information content (AvgIpc) is 2.14. The van der Waals surface area contributed by atoms with Crippen LogP contribution in [-0.2, 0) is 0 Å². The Bertz CT molecular complexity index is 361. The third kappa shape index (κ3) is 3.45. The van der Waals surface area contributed by atoms with E-state index in [-0.39, 0.29) is 6.04 Å². The van der Waals surface area contributed by atoms with Gasteiger partial charge in [-0.2, -0.15) is 0 Å². The van der Waals surface area contributed by atoms with Crippen LogP contribution in [0.25, 0.3) is 0 Å². The van der Waals surface area contributed by atoms with E-state index in [0.29, 0.717) is 0 Å². The smallest absolute Gasteiger partial charge is 0.0508 e. The highest BCUT2D eigenvalue weighted by atomic mass is 79.9. The summed E-state index contributed by atoms with van der Waals surface area (Å²) in [5, 5.41) is 0. The molecule has 0 aliphatic heterocycles. The fourth-order valence-electron chi connectivity index (χ4n) is 1.52. The molecule has 15 heavy (non-hydrogen) atoms. The Morgan fingerprint density at radius 2 is 2.27 bits per heavy atom. The Kier molecular flexibility index (Phi) is 4.51. The number of rotatable bonds is 4. The lowest BCUT2D eigenvalue weighted by Crippen LogP contribution is -2.28. The minimum atomic E-state index is 0.123. The number of benzene rings is 1. The first-order valence-electron chi connectivity index (χ1n) is 4.91. The van der Waals surface area contributed by atoms with Crippen LogP contribution < -0.4 is 11.3 Å². The molecule has 1 aromatic carbocycles. The van der Waals surface area contributed by atoms with E-state index in [4.69, 9.17) is 5.84 Å². The Morgan fingerprint density at radius 3 is 2.73 bits per heavy atom. The maximum Gasteiger partial charge on any atom is 0.0508 e. The number of hydrogen-bond donors (Lipinski definition) is 2. The molecule has 0 saturated heterocycles. The second-order valence-corrected chi connectivity index (χ2v) is 4.76. The van der Waals surface area contributed by atoms with Gasteiger partial charge in [0.05, 0.1) is 6.04 Å². The van der Waals surface area contributed by atoms with Gasteiger partial charge in [0, 0.05) is 4.47 Å². The molecule has 0 saturated carbocycles. The maximum atomic E-state index is 5.55. The van der Waals surface area contributed by atoms with E-state index in [2.05, 4.69) is 53.1 Å². The van der Waals surface area contributed by atoms with Gasteiger partial charge in [-0.15, -0.1) is 6.58 Å². The highest BCUT2D eigenvalue weighted by Gasteiger charge is 2.12. The van der Waals surface area contributed by atoms with Crippen molar-refractivity contribution in [2.45, 2.75) is 26.3 Å². The lowest BCUT2D eigenvalue weighted by molar-refractivity contribution is 0.548. The predicted molar refractivity (Wildman–Crippen MR) is 68.4 cm³/mol. The zero-order chi connectivity index (χ0) is 11.4. The number of hydrogen-bond acceptors (Lipinski definition) is 2. The van der Waals surface area contributed by atoms with Crippen molar-refractivity contribution in [2.75, 3.05) is 0 Å². The predicted octanol–water partition coefficient (Wildman–Crippen LogP) is 3.23. The number of nitrogens with two attached hydrogens (primary N) is 1. The average molecular weight is 269 g/mol. The van der Waals surface area contributed by atoms with E-state index in [1.807, 2.05) is 6.92 Å². The van der Waals surface area contributed by atoms with E-state index in [9.17, 15) is 0 Å². The maximum absolute atomic E-state index is 5.55. The quantitative estimate of drug-likeness (QED) is 0.500. The zero-order valence-electron chi connectivity index (χ0n) is 9.18. The fraction of sp³-hybridized carbons (Fsp3) is 0.333. The molecule has 0 aliphatic rings. The van der Waals surface area contributed by atoms with Crippen molar-refractivity contribution in [2.24, 2.45) is 5.84 Å².